The van der Waals surface area contributed by atoms with Crippen LogP contribution in [0, 0.1) is 13.8 Å². The quantitative estimate of drug-likeness (QED) is 0.627. The Bertz CT molecular complexity index is 811. The maximum atomic E-state index is 12.1. The largest absolute Gasteiger partial charge is 0.497 e. The van der Waals surface area contributed by atoms with Gasteiger partial charge in [0.2, 0.25) is 0 Å². The van der Waals surface area contributed by atoms with Crippen molar-refractivity contribution in [3.05, 3.63) is 76.4 Å². The van der Waals surface area contributed by atoms with E-state index in [1.807, 2.05) is 55.5 Å². The van der Waals surface area contributed by atoms with Crippen molar-refractivity contribution in [2.75, 3.05) is 7.11 Å². The molecule has 3 nitrogen and oxygen atoms in total. The molecule has 0 bridgehead atoms. The zero-order valence-corrected chi connectivity index (χ0v) is 13.4. The molecule has 0 saturated heterocycles. The third-order valence-corrected chi connectivity index (χ3v) is 3.95. The fraction of sp³-hybridized carbons (Fsp3) is 0.150. The number of rotatable bonds is 3. The zero-order valence-electron chi connectivity index (χ0n) is 13.4. The second-order valence-electron chi connectivity index (χ2n) is 5.57. The summed E-state index contributed by atoms with van der Waals surface area (Å²) < 4.78 is 10.5. The summed E-state index contributed by atoms with van der Waals surface area (Å²) in [6, 6.07) is 13.6. The first-order valence-electron chi connectivity index (χ1n) is 7.44. The molecule has 0 radical (unpaired) electrons. The lowest BCUT2D eigenvalue weighted by Crippen LogP contribution is -1.97. The summed E-state index contributed by atoms with van der Waals surface area (Å²) in [6.07, 6.45) is 3.60. The molecule has 0 saturated carbocycles. The minimum atomic E-state index is -0.325. The van der Waals surface area contributed by atoms with Crippen LogP contribution in [0.1, 0.15) is 22.3 Å². The average Bonchev–Trinajstić information content (AvgIpc) is 2.92. The third-order valence-electron chi connectivity index (χ3n) is 3.95. The van der Waals surface area contributed by atoms with Gasteiger partial charge in [0.15, 0.2) is 0 Å². The van der Waals surface area contributed by atoms with Crippen LogP contribution in [0.3, 0.4) is 0 Å². The van der Waals surface area contributed by atoms with Gasteiger partial charge in [0, 0.05) is 5.56 Å². The fourth-order valence-electron chi connectivity index (χ4n) is 2.41. The lowest BCUT2D eigenvalue weighted by atomic mass is 10.0. The number of ether oxygens (including phenoxy) is 2. The van der Waals surface area contributed by atoms with Crippen LogP contribution in [0.2, 0.25) is 0 Å². The predicted molar refractivity (Wildman–Crippen MR) is 91.0 cm³/mol. The van der Waals surface area contributed by atoms with E-state index in [0.29, 0.717) is 11.3 Å². The van der Waals surface area contributed by atoms with Crippen molar-refractivity contribution in [2.45, 2.75) is 13.8 Å². The van der Waals surface area contributed by atoms with E-state index in [1.54, 1.807) is 13.2 Å². The van der Waals surface area contributed by atoms with Crippen LogP contribution in [0.5, 0.6) is 5.75 Å². The molecule has 116 valence electrons. The maximum absolute atomic E-state index is 12.1. The van der Waals surface area contributed by atoms with Crippen LogP contribution in [0.25, 0.3) is 11.8 Å². The zero-order chi connectivity index (χ0) is 16.4. The highest BCUT2D eigenvalue weighted by molar-refractivity contribution is 6.05. The summed E-state index contributed by atoms with van der Waals surface area (Å²) in [5, 5.41) is 0. The van der Waals surface area contributed by atoms with Gasteiger partial charge in [-0.1, -0.05) is 24.3 Å². The molecular formula is C20H18O3. The highest BCUT2D eigenvalue weighted by Gasteiger charge is 2.22. The highest BCUT2D eigenvalue weighted by Crippen LogP contribution is 2.28. The molecule has 23 heavy (non-hydrogen) atoms. The standard InChI is InChI=1S/C20H18O3/c1-13-4-7-16(10-14(13)2)19-12-17(20(21)23-19)11-15-5-8-18(22-3)9-6-15/h4-12H,1-3H3. The Morgan fingerprint density at radius 1 is 1.00 bits per heavy atom. The summed E-state index contributed by atoms with van der Waals surface area (Å²) in [5.41, 5.74) is 4.78. The number of aryl methyl sites for hydroxylation is 2. The van der Waals surface area contributed by atoms with Crippen LogP contribution < -0.4 is 4.74 Å². The van der Waals surface area contributed by atoms with Crippen LogP contribution >= 0.6 is 0 Å². The number of hydrogen-bond acceptors (Lipinski definition) is 3. The molecule has 0 aromatic heterocycles. The Hall–Kier alpha value is -2.81. The lowest BCUT2D eigenvalue weighted by Gasteiger charge is -2.05. The van der Waals surface area contributed by atoms with Crippen molar-refractivity contribution in [1.29, 1.82) is 0 Å². The Morgan fingerprint density at radius 2 is 1.74 bits per heavy atom. The van der Waals surface area contributed by atoms with Crippen molar-refractivity contribution in [2.24, 2.45) is 0 Å². The number of benzene rings is 2. The molecule has 0 aliphatic carbocycles. The molecule has 2 aromatic carbocycles. The van der Waals surface area contributed by atoms with E-state index in [9.17, 15) is 4.79 Å². The Labute approximate surface area is 135 Å². The predicted octanol–water partition coefficient (Wildman–Crippen LogP) is 4.29. The first-order chi connectivity index (χ1) is 11.1. The summed E-state index contributed by atoms with van der Waals surface area (Å²) >= 11 is 0. The molecule has 1 aliphatic rings. The first kappa shape index (κ1) is 15.1. The molecule has 3 rings (SSSR count). The van der Waals surface area contributed by atoms with Gasteiger partial charge in [-0.05, 0) is 60.9 Å². The number of carbonyl (C=O) groups is 1. The van der Waals surface area contributed by atoms with Crippen molar-refractivity contribution >= 4 is 17.8 Å². The molecule has 1 heterocycles. The molecule has 3 heteroatoms. The van der Waals surface area contributed by atoms with E-state index >= 15 is 0 Å². The molecule has 0 atom stereocenters. The highest BCUT2D eigenvalue weighted by atomic mass is 16.5. The molecule has 2 aromatic rings. The van der Waals surface area contributed by atoms with Gasteiger partial charge in [0.05, 0.1) is 12.7 Å². The van der Waals surface area contributed by atoms with Crippen LogP contribution in [-0.2, 0) is 9.53 Å². The van der Waals surface area contributed by atoms with Gasteiger partial charge in [-0.15, -0.1) is 0 Å². The van der Waals surface area contributed by atoms with Gasteiger partial charge in [-0.3, -0.25) is 0 Å². The molecule has 0 spiro atoms. The van der Waals surface area contributed by atoms with Crippen LogP contribution in [0.15, 0.2) is 54.1 Å². The van der Waals surface area contributed by atoms with Gasteiger partial charge in [0.25, 0.3) is 0 Å². The summed E-state index contributed by atoms with van der Waals surface area (Å²) in [7, 11) is 1.63. The molecular weight excluding hydrogens is 288 g/mol. The second-order valence-corrected chi connectivity index (χ2v) is 5.57. The molecule has 0 unspecified atom stereocenters. The molecule has 0 amide bonds. The molecule has 0 fully saturated rings. The van der Waals surface area contributed by atoms with Crippen molar-refractivity contribution in [3.63, 3.8) is 0 Å². The number of hydrogen-bond donors (Lipinski definition) is 0. The van der Waals surface area contributed by atoms with Crippen molar-refractivity contribution in [1.82, 2.24) is 0 Å². The van der Waals surface area contributed by atoms with Gasteiger partial charge < -0.3 is 9.47 Å². The van der Waals surface area contributed by atoms with Gasteiger partial charge in [-0.2, -0.15) is 0 Å². The lowest BCUT2D eigenvalue weighted by molar-refractivity contribution is -0.130. The minimum Gasteiger partial charge on any atom is -0.497 e. The summed E-state index contributed by atoms with van der Waals surface area (Å²) in [6.45, 7) is 4.10. The summed E-state index contributed by atoms with van der Waals surface area (Å²) in [4.78, 5) is 12.1. The van der Waals surface area contributed by atoms with E-state index in [2.05, 4.69) is 6.92 Å². The second kappa shape index (κ2) is 6.13. The average molecular weight is 306 g/mol. The van der Waals surface area contributed by atoms with E-state index in [1.165, 1.54) is 11.1 Å². The smallest absolute Gasteiger partial charge is 0.343 e. The van der Waals surface area contributed by atoms with E-state index in [4.69, 9.17) is 9.47 Å². The molecule has 1 aliphatic heterocycles. The number of methoxy groups -OCH3 is 1. The Balaban J connectivity index is 1.90. The fourth-order valence-corrected chi connectivity index (χ4v) is 2.41. The monoisotopic (exact) mass is 306 g/mol. The Kier molecular flexibility index (Phi) is 4.02. The van der Waals surface area contributed by atoms with Crippen molar-refractivity contribution < 1.29 is 14.3 Å². The SMILES string of the molecule is COc1ccc(C=C2C=C(c3ccc(C)c(C)c3)OC2=O)cc1. The van der Waals surface area contributed by atoms with E-state index in [-0.39, 0.29) is 5.97 Å². The van der Waals surface area contributed by atoms with Crippen molar-refractivity contribution in [3.8, 4) is 5.75 Å². The van der Waals surface area contributed by atoms with E-state index in [0.717, 1.165) is 16.9 Å². The maximum Gasteiger partial charge on any atom is 0.343 e. The van der Waals surface area contributed by atoms with Crippen LogP contribution in [-0.4, -0.2) is 13.1 Å². The molecule has 0 N–H and O–H groups in total. The third kappa shape index (κ3) is 3.19. The minimum absolute atomic E-state index is 0.325. The van der Waals surface area contributed by atoms with E-state index < -0.39 is 0 Å². The first-order valence-corrected chi connectivity index (χ1v) is 7.44. The Morgan fingerprint density at radius 3 is 2.39 bits per heavy atom. The number of carbonyl (C=O) groups excluding carboxylic acids is 1. The van der Waals surface area contributed by atoms with Gasteiger partial charge >= 0.3 is 5.97 Å². The van der Waals surface area contributed by atoms with Gasteiger partial charge in [0.1, 0.15) is 11.5 Å². The number of cyclic esters (lactones) is 1. The van der Waals surface area contributed by atoms with Crippen LogP contribution in [0.4, 0.5) is 0 Å². The summed E-state index contributed by atoms with van der Waals surface area (Å²) in [5.74, 6) is 1.06. The van der Waals surface area contributed by atoms with Gasteiger partial charge in [-0.25, -0.2) is 4.79 Å². The topological polar surface area (TPSA) is 35.5 Å². The normalized spacial score (nSPS) is 15.5. The number of esters is 1.